The van der Waals surface area contributed by atoms with E-state index in [0.29, 0.717) is 6.54 Å². The molecule has 1 rings (SSSR count). The topological polar surface area (TPSA) is 46.3 Å². The van der Waals surface area contributed by atoms with Crippen molar-refractivity contribution >= 4 is 5.91 Å². The van der Waals surface area contributed by atoms with E-state index in [4.69, 9.17) is 5.73 Å². The van der Waals surface area contributed by atoms with Gasteiger partial charge in [-0.15, -0.1) is 0 Å². The molecule has 0 aromatic rings. The lowest BCUT2D eigenvalue weighted by atomic mass is 9.94. The van der Waals surface area contributed by atoms with Crippen molar-refractivity contribution in [3.8, 4) is 0 Å². The van der Waals surface area contributed by atoms with Gasteiger partial charge >= 0.3 is 0 Å². The number of carbonyl (C=O) groups is 1. The van der Waals surface area contributed by atoms with Gasteiger partial charge in [-0.05, 0) is 12.8 Å². The lowest BCUT2D eigenvalue weighted by Gasteiger charge is -2.30. The third-order valence-corrected chi connectivity index (χ3v) is 2.55. The number of rotatable bonds is 1. The number of nitrogens with two attached hydrogens (primary N) is 1. The summed E-state index contributed by atoms with van der Waals surface area (Å²) < 4.78 is 0. The SMILES string of the molecule is CC(C)(C)C(=O)N1CCC[C@H]1CN. The molecule has 0 bridgehead atoms. The van der Waals surface area contributed by atoms with Gasteiger partial charge in [0.2, 0.25) is 5.91 Å². The summed E-state index contributed by atoms with van der Waals surface area (Å²) in [5, 5.41) is 0. The van der Waals surface area contributed by atoms with Gasteiger partial charge in [0, 0.05) is 24.5 Å². The fourth-order valence-corrected chi connectivity index (χ4v) is 1.78. The molecule has 1 heterocycles. The molecule has 1 saturated heterocycles. The third kappa shape index (κ3) is 2.21. The first-order chi connectivity index (χ1) is 5.96. The summed E-state index contributed by atoms with van der Waals surface area (Å²) in [7, 11) is 0. The Balaban J connectivity index is 2.66. The summed E-state index contributed by atoms with van der Waals surface area (Å²) in [6, 6.07) is 0.284. The predicted molar refractivity (Wildman–Crippen MR) is 53.2 cm³/mol. The first-order valence-corrected chi connectivity index (χ1v) is 4.98. The highest BCUT2D eigenvalue weighted by Gasteiger charge is 2.33. The number of amides is 1. The molecule has 3 heteroatoms. The van der Waals surface area contributed by atoms with E-state index in [9.17, 15) is 4.79 Å². The Bertz CT molecular complexity index is 196. The molecule has 0 saturated carbocycles. The van der Waals surface area contributed by atoms with E-state index in [2.05, 4.69) is 0 Å². The van der Waals surface area contributed by atoms with Gasteiger partial charge in [0.1, 0.15) is 0 Å². The molecule has 0 unspecified atom stereocenters. The Hall–Kier alpha value is -0.570. The number of likely N-dealkylation sites (tertiary alicyclic amines) is 1. The average Bonchev–Trinajstić information content (AvgIpc) is 2.48. The second-order valence-corrected chi connectivity index (χ2v) is 4.78. The summed E-state index contributed by atoms with van der Waals surface area (Å²) in [5.41, 5.74) is 5.35. The van der Waals surface area contributed by atoms with Crippen molar-refractivity contribution in [3.63, 3.8) is 0 Å². The number of nitrogens with zero attached hydrogens (tertiary/aromatic N) is 1. The van der Waals surface area contributed by atoms with E-state index in [1.165, 1.54) is 0 Å². The summed E-state index contributed by atoms with van der Waals surface area (Å²) in [6.45, 7) is 7.36. The van der Waals surface area contributed by atoms with Gasteiger partial charge in [0.25, 0.3) is 0 Å². The van der Waals surface area contributed by atoms with E-state index < -0.39 is 0 Å². The lowest BCUT2D eigenvalue weighted by molar-refractivity contribution is -0.140. The molecule has 1 amide bonds. The van der Waals surface area contributed by atoms with Crippen LogP contribution in [-0.4, -0.2) is 29.9 Å². The Morgan fingerprint density at radius 3 is 2.62 bits per heavy atom. The summed E-state index contributed by atoms with van der Waals surface area (Å²) >= 11 is 0. The maximum absolute atomic E-state index is 11.9. The normalized spacial score (nSPS) is 23.7. The van der Waals surface area contributed by atoms with Gasteiger partial charge in [0.15, 0.2) is 0 Å². The highest BCUT2D eigenvalue weighted by molar-refractivity contribution is 5.82. The van der Waals surface area contributed by atoms with Gasteiger partial charge in [-0.2, -0.15) is 0 Å². The zero-order valence-electron chi connectivity index (χ0n) is 8.84. The predicted octanol–water partition coefficient (Wildman–Crippen LogP) is 0.982. The van der Waals surface area contributed by atoms with E-state index in [1.807, 2.05) is 25.7 Å². The quantitative estimate of drug-likeness (QED) is 0.660. The van der Waals surface area contributed by atoms with Crippen LogP contribution in [0.4, 0.5) is 0 Å². The van der Waals surface area contributed by atoms with Gasteiger partial charge in [-0.25, -0.2) is 0 Å². The Morgan fingerprint density at radius 1 is 1.54 bits per heavy atom. The van der Waals surface area contributed by atoms with Crippen LogP contribution >= 0.6 is 0 Å². The van der Waals surface area contributed by atoms with Crippen molar-refractivity contribution in [2.45, 2.75) is 39.7 Å². The largest absolute Gasteiger partial charge is 0.338 e. The Kier molecular flexibility index (Phi) is 2.96. The van der Waals surface area contributed by atoms with Crippen LogP contribution in [0.15, 0.2) is 0 Å². The minimum atomic E-state index is -0.266. The second-order valence-electron chi connectivity index (χ2n) is 4.78. The second kappa shape index (κ2) is 3.66. The first kappa shape index (κ1) is 10.5. The zero-order valence-corrected chi connectivity index (χ0v) is 8.84. The molecule has 13 heavy (non-hydrogen) atoms. The van der Waals surface area contributed by atoms with E-state index in [-0.39, 0.29) is 17.4 Å². The molecule has 1 aliphatic heterocycles. The first-order valence-electron chi connectivity index (χ1n) is 4.98. The van der Waals surface area contributed by atoms with Crippen molar-refractivity contribution < 1.29 is 4.79 Å². The van der Waals surface area contributed by atoms with E-state index >= 15 is 0 Å². The van der Waals surface area contributed by atoms with E-state index in [0.717, 1.165) is 19.4 Å². The molecular formula is C10H20N2O. The van der Waals surface area contributed by atoms with Crippen molar-refractivity contribution in [1.29, 1.82) is 0 Å². The molecule has 0 aromatic carbocycles. The fourth-order valence-electron chi connectivity index (χ4n) is 1.78. The van der Waals surface area contributed by atoms with Crippen LogP contribution in [-0.2, 0) is 4.79 Å². The molecule has 0 spiro atoms. The van der Waals surface area contributed by atoms with Gasteiger partial charge in [-0.1, -0.05) is 20.8 Å². The highest BCUT2D eigenvalue weighted by Crippen LogP contribution is 2.24. The molecule has 0 aromatic heterocycles. The summed E-state index contributed by atoms with van der Waals surface area (Å²) in [5.74, 6) is 0.237. The monoisotopic (exact) mass is 184 g/mol. The maximum Gasteiger partial charge on any atom is 0.228 e. The van der Waals surface area contributed by atoms with Gasteiger partial charge in [-0.3, -0.25) is 4.79 Å². The molecule has 1 atom stereocenters. The van der Waals surface area contributed by atoms with Gasteiger partial charge < -0.3 is 10.6 Å². The van der Waals surface area contributed by atoms with Gasteiger partial charge in [0.05, 0.1) is 0 Å². The Labute approximate surface area is 80.3 Å². The van der Waals surface area contributed by atoms with Crippen LogP contribution in [0.25, 0.3) is 0 Å². The minimum absolute atomic E-state index is 0.237. The molecule has 1 aliphatic rings. The molecule has 0 aliphatic carbocycles. The summed E-state index contributed by atoms with van der Waals surface area (Å²) in [6.07, 6.45) is 2.17. The summed E-state index contributed by atoms with van der Waals surface area (Å²) in [4.78, 5) is 13.9. The molecule has 76 valence electrons. The minimum Gasteiger partial charge on any atom is -0.338 e. The van der Waals surface area contributed by atoms with E-state index in [1.54, 1.807) is 0 Å². The number of hydrogen-bond donors (Lipinski definition) is 1. The molecular weight excluding hydrogens is 164 g/mol. The third-order valence-electron chi connectivity index (χ3n) is 2.55. The van der Waals surface area contributed by atoms with Crippen LogP contribution in [0.3, 0.4) is 0 Å². The molecule has 1 fully saturated rings. The standard InChI is InChI=1S/C10H20N2O/c1-10(2,3)9(13)12-6-4-5-8(12)7-11/h8H,4-7,11H2,1-3H3/t8-/m0/s1. The molecule has 3 nitrogen and oxygen atoms in total. The number of hydrogen-bond acceptors (Lipinski definition) is 2. The number of carbonyl (C=O) groups excluding carboxylic acids is 1. The van der Waals surface area contributed by atoms with Crippen molar-refractivity contribution in [3.05, 3.63) is 0 Å². The van der Waals surface area contributed by atoms with Crippen LogP contribution < -0.4 is 5.73 Å². The van der Waals surface area contributed by atoms with Crippen LogP contribution in [0.5, 0.6) is 0 Å². The fraction of sp³-hybridized carbons (Fsp3) is 0.900. The molecule has 0 radical (unpaired) electrons. The smallest absolute Gasteiger partial charge is 0.228 e. The van der Waals surface area contributed by atoms with Crippen LogP contribution in [0.2, 0.25) is 0 Å². The average molecular weight is 184 g/mol. The highest BCUT2D eigenvalue weighted by atomic mass is 16.2. The lowest BCUT2D eigenvalue weighted by Crippen LogP contribution is -2.45. The van der Waals surface area contributed by atoms with Crippen LogP contribution in [0, 0.1) is 5.41 Å². The van der Waals surface area contributed by atoms with Crippen molar-refractivity contribution in [1.82, 2.24) is 4.90 Å². The van der Waals surface area contributed by atoms with Crippen molar-refractivity contribution in [2.24, 2.45) is 11.1 Å². The molecule has 2 N–H and O–H groups in total. The zero-order chi connectivity index (χ0) is 10.1. The van der Waals surface area contributed by atoms with Crippen molar-refractivity contribution in [2.75, 3.05) is 13.1 Å². The van der Waals surface area contributed by atoms with Crippen LogP contribution in [0.1, 0.15) is 33.6 Å². The maximum atomic E-state index is 11.9. The Morgan fingerprint density at radius 2 is 2.15 bits per heavy atom.